The normalized spacial score (nSPS) is 13.0. The van der Waals surface area contributed by atoms with Gasteiger partial charge in [0.25, 0.3) is 0 Å². The van der Waals surface area contributed by atoms with Crippen LogP contribution in [0.4, 0.5) is 0 Å². The van der Waals surface area contributed by atoms with Crippen molar-refractivity contribution >= 4 is 11.9 Å². The van der Waals surface area contributed by atoms with E-state index in [-0.39, 0.29) is 19.0 Å². The quantitative estimate of drug-likeness (QED) is 0.669. The molecule has 0 aromatic carbocycles. The van der Waals surface area contributed by atoms with Crippen LogP contribution in [0.15, 0.2) is 12.7 Å². The molecule has 0 spiro atoms. The van der Waals surface area contributed by atoms with E-state index >= 15 is 0 Å². The van der Waals surface area contributed by atoms with Gasteiger partial charge in [-0.1, -0.05) is 26.8 Å². The standard InChI is InChI=1S/C11H20N2O3/c1-5-6-13(7-8(14)15)10(16)9(12)11(2,3)4/h5,9H,1,6-7,12H2,2-4H3,(H,14,15)/t9-/m0/s1. The molecular formula is C11H20N2O3. The molecule has 1 atom stereocenters. The summed E-state index contributed by atoms with van der Waals surface area (Å²) in [7, 11) is 0. The van der Waals surface area contributed by atoms with Crippen molar-refractivity contribution in [2.75, 3.05) is 13.1 Å². The molecule has 5 nitrogen and oxygen atoms in total. The van der Waals surface area contributed by atoms with Crippen LogP contribution in [0, 0.1) is 5.41 Å². The van der Waals surface area contributed by atoms with Crippen LogP contribution >= 0.6 is 0 Å². The van der Waals surface area contributed by atoms with Crippen molar-refractivity contribution < 1.29 is 14.7 Å². The average molecular weight is 228 g/mol. The maximum atomic E-state index is 11.9. The van der Waals surface area contributed by atoms with Crippen molar-refractivity contribution in [3.8, 4) is 0 Å². The summed E-state index contributed by atoms with van der Waals surface area (Å²) in [6.07, 6.45) is 1.48. The van der Waals surface area contributed by atoms with Gasteiger partial charge in [-0.15, -0.1) is 6.58 Å². The molecule has 0 aromatic rings. The van der Waals surface area contributed by atoms with Gasteiger partial charge in [-0.2, -0.15) is 0 Å². The lowest BCUT2D eigenvalue weighted by atomic mass is 9.86. The smallest absolute Gasteiger partial charge is 0.323 e. The lowest BCUT2D eigenvalue weighted by Crippen LogP contribution is -2.51. The molecule has 1 amide bonds. The van der Waals surface area contributed by atoms with E-state index in [1.165, 1.54) is 11.0 Å². The summed E-state index contributed by atoms with van der Waals surface area (Å²) in [4.78, 5) is 23.7. The van der Waals surface area contributed by atoms with Gasteiger partial charge in [0.15, 0.2) is 0 Å². The third-order valence-electron chi connectivity index (χ3n) is 2.19. The van der Waals surface area contributed by atoms with E-state index in [1.54, 1.807) is 0 Å². The summed E-state index contributed by atoms with van der Waals surface area (Å²) < 4.78 is 0. The lowest BCUT2D eigenvalue weighted by molar-refractivity contribution is -0.145. The Morgan fingerprint density at radius 1 is 1.50 bits per heavy atom. The Hall–Kier alpha value is -1.36. The number of carbonyl (C=O) groups is 2. The zero-order valence-electron chi connectivity index (χ0n) is 10.1. The third kappa shape index (κ3) is 4.44. The molecule has 0 aliphatic rings. The molecular weight excluding hydrogens is 208 g/mol. The van der Waals surface area contributed by atoms with Crippen LogP contribution in [-0.4, -0.2) is 41.0 Å². The molecule has 0 aliphatic carbocycles. The molecule has 5 heteroatoms. The summed E-state index contributed by atoms with van der Waals surface area (Å²) >= 11 is 0. The largest absolute Gasteiger partial charge is 0.480 e. The van der Waals surface area contributed by atoms with Gasteiger partial charge >= 0.3 is 5.97 Å². The van der Waals surface area contributed by atoms with Crippen LogP contribution in [0.1, 0.15) is 20.8 Å². The van der Waals surface area contributed by atoms with Crippen molar-refractivity contribution in [2.24, 2.45) is 11.1 Å². The monoisotopic (exact) mass is 228 g/mol. The van der Waals surface area contributed by atoms with Gasteiger partial charge in [0.05, 0.1) is 6.04 Å². The molecule has 0 saturated heterocycles. The Balaban J connectivity index is 4.73. The van der Waals surface area contributed by atoms with E-state index in [4.69, 9.17) is 10.8 Å². The molecule has 0 aliphatic heterocycles. The van der Waals surface area contributed by atoms with E-state index in [2.05, 4.69) is 6.58 Å². The predicted molar refractivity (Wildman–Crippen MR) is 61.8 cm³/mol. The van der Waals surface area contributed by atoms with Crippen molar-refractivity contribution in [2.45, 2.75) is 26.8 Å². The zero-order valence-corrected chi connectivity index (χ0v) is 10.1. The molecule has 0 radical (unpaired) electrons. The molecule has 92 valence electrons. The number of nitrogens with two attached hydrogens (primary N) is 1. The predicted octanol–water partition coefficient (Wildman–Crippen LogP) is 0.459. The van der Waals surface area contributed by atoms with Crippen LogP contribution in [0.25, 0.3) is 0 Å². The van der Waals surface area contributed by atoms with Crippen LogP contribution in [0.3, 0.4) is 0 Å². The number of carbonyl (C=O) groups excluding carboxylic acids is 1. The number of aliphatic carboxylic acids is 1. The highest BCUT2D eigenvalue weighted by molar-refractivity contribution is 5.85. The molecule has 3 N–H and O–H groups in total. The SMILES string of the molecule is C=CCN(CC(=O)O)C(=O)[C@H](N)C(C)(C)C. The first-order valence-electron chi connectivity index (χ1n) is 5.07. The molecule has 0 saturated carbocycles. The summed E-state index contributed by atoms with van der Waals surface area (Å²) in [6, 6.07) is -0.716. The van der Waals surface area contributed by atoms with E-state index in [9.17, 15) is 9.59 Å². The summed E-state index contributed by atoms with van der Waals surface area (Å²) in [6.45, 7) is 8.83. The number of hydrogen-bond acceptors (Lipinski definition) is 3. The first-order chi connectivity index (χ1) is 7.20. The highest BCUT2D eigenvalue weighted by Gasteiger charge is 2.31. The van der Waals surface area contributed by atoms with Gasteiger partial charge in [0.2, 0.25) is 5.91 Å². The minimum Gasteiger partial charge on any atom is -0.480 e. The molecule has 0 fully saturated rings. The van der Waals surface area contributed by atoms with Crippen molar-refractivity contribution in [3.63, 3.8) is 0 Å². The number of rotatable bonds is 5. The number of hydrogen-bond donors (Lipinski definition) is 2. The Kier molecular flexibility index (Phi) is 5.17. The van der Waals surface area contributed by atoms with Crippen LogP contribution < -0.4 is 5.73 Å². The van der Waals surface area contributed by atoms with Crippen LogP contribution in [0.5, 0.6) is 0 Å². The first kappa shape index (κ1) is 14.6. The van der Waals surface area contributed by atoms with E-state index in [1.807, 2.05) is 20.8 Å². The molecule has 0 unspecified atom stereocenters. The summed E-state index contributed by atoms with van der Waals surface area (Å²) in [5, 5.41) is 8.67. The maximum absolute atomic E-state index is 11.9. The number of carboxylic acid groups (broad SMARTS) is 1. The fourth-order valence-electron chi connectivity index (χ4n) is 1.12. The molecule has 0 rings (SSSR count). The summed E-state index contributed by atoms with van der Waals surface area (Å²) in [5.41, 5.74) is 5.39. The van der Waals surface area contributed by atoms with E-state index in [0.29, 0.717) is 0 Å². The number of amides is 1. The summed E-state index contributed by atoms with van der Waals surface area (Å²) in [5.74, 6) is -1.42. The molecule has 16 heavy (non-hydrogen) atoms. The van der Waals surface area contributed by atoms with Crippen molar-refractivity contribution in [1.82, 2.24) is 4.90 Å². The molecule has 0 heterocycles. The minimum atomic E-state index is -1.06. The third-order valence-corrected chi connectivity index (χ3v) is 2.19. The molecule has 0 bridgehead atoms. The van der Waals surface area contributed by atoms with Crippen LogP contribution in [-0.2, 0) is 9.59 Å². The average Bonchev–Trinajstić information content (AvgIpc) is 2.12. The zero-order chi connectivity index (χ0) is 12.9. The second kappa shape index (κ2) is 5.65. The van der Waals surface area contributed by atoms with Gasteiger partial charge in [-0.3, -0.25) is 9.59 Å². The van der Waals surface area contributed by atoms with E-state index < -0.39 is 17.4 Å². The Morgan fingerprint density at radius 3 is 2.31 bits per heavy atom. The minimum absolute atomic E-state index is 0.189. The van der Waals surface area contributed by atoms with Gasteiger partial charge in [0.1, 0.15) is 6.54 Å². The maximum Gasteiger partial charge on any atom is 0.323 e. The molecule has 0 aromatic heterocycles. The Bertz CT molecular complexity index is 281. The lowest BCUT2D eigenvalue weighted by Gasteiger charge is -2.30. The van der Waals surface area contributed by atoms with Gasteiger partial charge in [-0.05, 0) is 5.41 Å². The fraction of sp³-hybridized carbons (Fsp3) is 0.636. The number of nitrogens with zero attached hydrogens (tertiary/aromatic N) is 1. The Labute approximate surface area is 95.9 Å². The van der Waals surface area contributed by atoms with Crippen molar-refractivity contribution in [1.29, 1.82) is 0 Å². The van der Waals surface area contributed by atoms with Gasteiger partial charge < -0.3 is 15.7 Å². The number of carboxylic acids is 1. The van der Waals surface area contributed by atoms with Gasteiger partial charge in [-0.25, -0.2) is 0 Å². The highest BCUT2D eigenvalue weighted by atomic mass is 16.4. The van der Waals surface area contributed by atoms with E-state index in [0.717, 1.165) is 0 Å². The first-order valence-corrected chi connectivity index (χ1v) is 5.07. The van der Waals surface area contributed by atoms with Crippen molar-refractivity contribution in [3.05, 3.63) is 12.7 Å². The second-order valence-electron chi connectivity index (χ2n) is 4.74. The van der Waals surface area contributed by atoms with Crippen LogP contribution in [0.2, 0.25) is 0 Å². The second-order valence-corrected chi connectivity index (χ2v) is 4.74. The topological polar surface area (TPSA) is 83.6 Å². The fourth-order valence-corrected chi connectivity index (χ4v) is 1.12. The van der Waals surface area contributed by atoms with Gasteiger partial charge in [0, 0.05) is 6.54 Å². The Morgan fingerprint density at radius 2 is 2.00 bits per heavy atom. The highest BCUT2D eigenvalue weighted by Crippen LogP contribution is 2.19.